The number of rotatable bonds is 1. The smallest absolute Gasteiger partial charge is 0.256 e. The second-order valence-electron chi connectivity index (χ2n) is 5.67. The highest BCUT2D eigenvalue weighted by Gasteiger charge is 2.32. The lowest BCUT2D eigenvalue weighted by Gasteiger charge is -2.21. The van der Waals surface area contributed by atoms with Crippen molar-refractivity contribution in [1.82, 2.24) is 10.2 Å². The van der Waals surface area contributed by atoms with Gasteiger partial charge in [0.2, 0.25) is 0 Å². The summed E-state index contributed by atoms with van der Waals surface area (Å²) in [5.41, 5.74) is -0.157. The van der Waals surface area contributed by atoms with E-state index in [1.165, 1.54) is 0 Å². The molecule has 2 heterocycles. The molecule has 6 heteroatoms. The van der Waals surface area contributed by atoms with Crippen LogP contribution in [0.5, 0.6) is 0 Å². The van der Waals surface area contributed by atoms with E-state index >= 15 is 0 Å². The maximum Gasteiger partial charge on any atom is 0.256 e. The van der Waals surface area contributed by atoms with Gasteiger partial charge in [0.1, 0.15) is 11.6 Å². The zero-order valence-corrected chi connectivity index (χ0v) is 12.5. The van der Waals surface area contributed by atoms with E-state index in [4.69, 9.17) is 0 Å². The minimum atomic E-state index is -0.650. The number of amides is 1. The van der Waals surface area contributed by atoms with E-state index in [0.717, 1.165) is 44.1 Å². The summed E-state index contributed by atoms with van der Waals surface area (Å²) in [6.07, 6.45) is 1.86. The highest BCUT2D eigenvalue weighted by atomic mass is 35.5. The van der Waals surface area contributed by atoms with Crippen molar-refractivity contribution in [2.24, 2.45) is 11.8 Å². The summed E-state index contributed by atoms with van der Waals surface area (Å²) in [4.78, 5) is 14.0. The van der Waals surface area contributed by atoms with Crippen LogP contribution in [0.1, 0.15) is 23.2 Å². The van der Waals surface area contributed by atoms with Gasteiger partial charge < -0.3 is 10.2 Å². The van der Waals surface area contributed by atoms with Gasteiger partial charge >= 0.3 is 0 Å². The standard InChI is InChI=1S/C15H18F2N2O.ClH/c16-12-1-2-14(17)13(7-12)15(20)19-5-3-10-8-18-9-11(10)4-6-19;/h1-2,7,10-11,18H,3-6,8-9H2;1H/t10-,11+;. The van der Waals surface area contributed by atoms with Crippen molar-refractivity contribution in [3.8, 4) is 0 Å². The molecule has 0 saturated carbocycles. The average molecular weight is 317 g/mol. The first kappa shape index (κ1) is 16.2. The lowest BCUT2D eigenvalue weighted by molar-refractivity contribution is 0.0753. The van der Waals surface area contributed by atoms with E-state index < -0.39 is 17.5 Å². The monoisotopic (exact) mass is 316 g/mol. The van der Waals surface area contributed by atoms with Gasteiger partial charge in [-0.15, -0.1) is 12.4 Å². The van der Waals surface area contributed by atoms with E-state index in [-0.39, 0.29) is 18.0 Å². The average Bonchev–Trinajstić information content (AvgIpc) is 2.80. The molecule has 1 aromatic carbocycles. The Kier molecular flexibility index (Phi) is 5.17. The Bertz CT molecular complexity index is 512. The molecule has 1 aromatic rings. The Labute approximate surface area is 129 Å². The van der Waals surface area contributed by atoms with E-state index in [0.29, 0.717) is 24.9 Å². The fourth-order valence-electron chi connectivity index (χ4n) is 3.25. The number of benzene rings is 1. The van der Waals surface area contributed by atoms with Crippen molar-refractivity contribution < 1.29 is 13.6 Å². The summed E-state index contributed by atoms with van der Waals surface area (Å²) < 4.78 is 26.9. The lowest BCUT2D eigenvalue weighted by atomic mass is 9.92. The molecular formula is C15H19ClF2N2O. The van der Waals surface area contributed by atoms with E-state index in [2.05, 4.69) is 5.32 Å². The van der Waals surface area contributed by atoms with Crippen LogP contribution in [0, 0.1) is 23.5 Å². The maximum atomic E-state index is 13.7. The van der Waals surface area contributed by atoms with Crippen LogP contribution in [0.4, 0.5) is 8.78 Å². The van der Waals surface area contributed by atoms with Crippen LogP contribution in [-0.4, -0.2) is 37.0 Å². The summed E-state index contributed by atoms with van der Waals surface area (Å²) in [5, 5.41) is 3.37. The Morgan fingerprint density at radius 3 is 2.38 bits per heavy atom. The predicted molar refractivity (Wildman–Crippen MR) is 78.6 cm³/mol. The van der Waals surface area contributed by atoms with Crippen LogP contribution >= 0.6 is 12.4 Å². The minimum Gasteiger partial charge on any atom is -0.339 e. The SMILES string of the molecule is Cl.O=C(c1cc(F)ccc1F)N1CC[C@@H]2CNC[C@@H]2CC1. The van der Waals surface area contributed by atoms with E-state index in [1.807, 2.05) is 0 Å². The Balaban J connectivity index is 0.00000161. The number of carbonyl (C=O) groups is 1. The Morgan fingerprint density at radius 2 is 1.76 bits per heavy atom. The van der Waals surface area contributed by atoms with Gasteiger partial charge in [-0.1, -0.05) is 0 Å². The molecule has 0 aromatic heterocycles. The normalized spacial score (nSPS) is 25.0. The largest absolute Gasteiger partial charge is 0.339 e. The van der Waals surface area contributed by atoms with Gasteiger partial charge in [0.05, 0.1) is 5.56 Å². The molecule has 0 spiro atoms. The molecule has 0 aliphatic carbocycles. The molecule has 0 unspecified atom stereocenters. The molecule has 1 N–H and O–H groups in total. The number of halogens is 3. The molecule has 2 atom stereocenters. The van der Waals surface area contributed by atoms with E-state index in [1.54, 1.807) is 4.90 Å². The van der Waals surface area contributed by atoms with Crippen molar-refractivity contribution in [2.75, 3.05) is 26.2 Å². The number of carbonyl (C=O) groups excluding carboxylic acids is 1. The molecule has 116 valence electrons. The third kappa shape index (κ3) is 3.35. The third-order valence-electron chi connectivity index (χ3n) is 4.47. The summed E-state index contributed by atoms with van der Waals surface area (Å²) in [5.74, 6) is -0.418. The third-order valence-corrected chi connectivity index (χ3v) is 4.47. The van der Waals surface area contributed by atoms with Gasteiger partial charge in [0.25, 0.3) is 5.91 Å². The molecule has 2 aliphatic rings. The number of hydrogen-bond donors (Lipinski definition) is 1. The van der Waals surface area contributed by atoms with Gasteiger partial charge in [-0.3, -0.25) is 4.79 Å². The second kappa shape index (κ2) is 6.71. The van der Waals surface area contributed by atoms with Crippen LogP contribution in [-0.2, 0) is 0 Å². The Hall–Kier alpha value is -1.20. The molecule has 3 nitrogen and oxygen atoms in total. The summed E-state index contributed by atoms with van der Waals surface area (Å²) in [7, 11) is 0. The fourth-order valence-corrected chi connectivity index (χ4v) is 3.25. The van der Waals surface area contributed by atoms with Gasteiger partial charge in [0.15, 0.2) is 0 Å². The Morgan fingerprint density at radius 1 is 1.14 bits per heavy atom. The van der Waals surface area contributed by atoms with Gasteiger partial charge in [0, 0.05) is 13.1 Å². The summed E-state index contributed by atoms with van der Waals surface area (Å²) in [6, 6.07) is 3.04. The zero-order chi connectivity index (χ0) is 14.1. The van der Waals surface area contributed by atoms with Gasteiger partial charge in [-0.05, 0) is 56.0 Å². The van der Waals surface area contributed by atoms with Crippen LogP contribution in [0.15, 0.2) is 18.2 Å². The molecule has 2 aliphatic heterocycles. The van der Waals surface area contributed by atoms with E-state index in [9.17, 15) is 13.6 Å². The topological polar surface area (TPSA) is 32.3 Å². The lowest BCUT2D eigenvalue weighted by Crippen LogP contribution is -2.33. The molecule has 0 bridgehead atoms. The number of likely N-dealkylation sites (tertiary alicyclic amines) is 1. The van der Waals surface area contributed by atoms with Crippen molar-refractivity contribution in [2.45, 2.75) is 12.8 Å². The molecule has 1 amide bonds. The highest BCUT2D eigenvalue weighted by molar-refractivity contribution is 5.94. The van der Waals surface area contributed by atoms with Crippen LogP contribution in [0.25, 0.3) is 0 Å². The first-order chi connectivity index (χ1) is 9.65. The van der Waals surface area contributed by atoms with Crippen LogP contribution in [0.2, 0.25) is 0 Å². The number of nitrogens with zero attached hydrogens (tertiary/aromatic N) is 1. The predicted octanol–water partition coefficient (Wildman–Crippen LogP) is 2.46. The first-order valence-electron chi connectivity index (χ1n) is 7.10. The van der Waals surface area contributed by atoms with Crippen molar-refractivity contribution in [1.29, 1.82) is 0 Å². The van der Waals surface area contributed by atoms with Crippen molar-refractivity contribution >= 4 is 18.3 Å². The van der Waals surface area contributed by atoms with Crippen LogP contribution < -0.4 is 5.32 Å². The molecule has 3 rings (SSSR count). The van der Waals surface area contributed by atoms with Gasteiger partial charge in [-0.2, -0.15) is 0 Å². The molecule has 21 heavy (non-hydrogen) atoms. The fraction of sp³-hybridized carbons (Fsp3) is 0.533. The van der Waals surface area contributed by atoms with Crippen molar-refractivity contribution in [3.63, 3.8) is 0 Å². The molecular weight excluding hydrogens is 298 g/mol. The quantitative estimate of drug-likeness (QED) is 0.863. The zero-order valence-electron chi connectivity index (χ0n) is 11.6. The molecule has 2 saturated heterocycles. The summed E-state index contributed by atoms with van der Waals surface area (Å²) >= 11 is 0. The van der Waals surface area contributed by atoms with Gasteiger partial charge in [-0.25, -0.2) is 8.78 Å². The van der Waals surface area contributed by atoms with Crippen molar-refractivity contribution in [3.05, 3.63) is 35.4 Å². The molecule has 2 fully saturated rings. The maximum absolute atomic E-state index is 13.7. The number of nitrogens with one attached hydrogen (secondary N) is 1. The minimum absolute atomic E-state index is 0. The number of hydrogen-bond acceptors (Lipinski definition) is 2. The van der Waals surface area contributed by atoms with Crippen LogP contribution in [0.3, 0.4) is 0 Å². The highest BCUT2D eigenvalue weighted by Crippen LogP contribution is 2.28. The second-order valence-corrected chi connectivity index (χ2v) is 5.67. The first-order valence-corrected chi connectivity index (χ1v) is 7.10. The summed E-state index contributed by atoms with van der Waals surface area (Å²) in [6.45, 7) is 3.25. The molecule has 0 radical (unpaired) electrons. The number of fused-ring (bicyclic) bond motifs is 1.